The Labute approximate surface area is 206 Å². The molecule has 180 valence electrons. The molecular formula is C27H23ClFNO5. The summed E-state index contributed by atoms with van der Waals surface area (Å²) >= 11 is 6.20. The number of nitrogens with one attached hydrogen (secondary N) is 1. The van der Waals surface area contributed by atoms with Gasteiger partial charge >= 0.3 is 5.63 Å². The molecule has 1 amide bonds. The van der Waals surface area contributed by atoms with Gasteiger partial charge in [0.25, 0.3) is 5.91 Å². The highest BCUT2D eigenvalue weighted by atomic mass is 35.5. The quantitative estimate of drug-likeness (QED) is 0.310. The smallest absolute Gasteiger partial charge is 0.336 e. The number of rotatable bonds is 8. The maximum absolute atomic E-state index is 13.5. The van der Waals surface area contributed by atoms with Crippen molar-refractivity contribution in [2.45, 2.75) is 19.4 Å². The minimum atomic E-state index is -0.818. The number of amides is 1. The lowest BCUT2D eigenvalue weighted by Gasteiger charge is -2.16. The van der Waals surface area contributed by atoms with Gasteiger partial charge in [-0.05, 0) is 61.4 Å². The number of benzene rings is 3. The first-order valence-electron chi connectivity index (χ1n) is 10.9. The third-order valence-corrected chi connectivity index (χ3v) is 5.75. The number of halogens is 2. The van der Waals surface area contributed by atoms with Crippen molar-refractivity contribution >= 4 is 34.2 Å². The van der Waals surface area contributed by atoms with Crippen LogP contribution < -0.4 is 15.7 Å². The van der Waals surface area contributed by atoms with Crippen LogP contribution in [0.3, 0.4) is 0 Å². The van der Waals surface area contributed by atoms with Gasteiger partial charge in [0.2, 0.25) is 0 Å². The highest BCUT2D eigenvalue weighted by molar-refractivity contribution is 6.33. The molecule has 0 bridgehead atoms. The second kappa shape index (κ2) is 10.7. The lowest BCUT2D eigenvalue weighted by Crippen LogP contribution is -2.30. The Bertz CT molecular complexity index is 1420. The Morgan fingerprint density at radius 3 is 2.54 bits per heavy atom. The average molecular weight is 496 g/mol. The van der Waals surface area contributed by atoms with Crippen molar-refractivity contribution in [2.75, 3.05) is 19.0 Å². The summed E-state index contributed by atoms with van der Waals surface area (Å²) in [7, 11) is 1.65. The zero-order valence-electron chi connectivity index (χ0n) is 19.1. The Balaban J connectivity index is 1.51. The Morgan fingerprint density at radius 2 is 1.83 bits per heavy atom. The van der Waals surface area contributed by atoms with Gasteiger partial charge in [0.15, 0.2) is 6.10 Å². The van der Waals surface area contributed by atoms with Crippen LogP contribution in [0.5, 0.6) is 5.75 Å². The number of ether oxygens (including phenoxy) is 2. The van der Waals surface area contributed by atoms with Crippen LogP contribution in [0.15, 0.2) is 75.9 Å². The average Bonchev–Trinajstić information content (AvgIpc) is 2.83. The lowest BCUT2D eigenvalue weighted by molar-refractivity contribution is -0.122. The van der Waals surface area contributed by atoms with Gasteiger partial charge in [0, 0.05) is 41.4 Å². The van der Waals surface area contributed by atoms with E-state index in [9.17, 15) is 14.0 Å². The summed E-state index contributed by atoms with van der Waals surface area (Å²) in [6.07, 6.45) is -0.0284. The van der Waals surface area contributed by atoms with Crippen LogP contribution in [0.2, 0.25) is 5.02 Å². The third kappa shape index (κ3) is 5.88. The topological polar surface area (TPSA) is 77.8 Å². The number of hydrogen-bond acceptors (Lipinski definition) is 5. The summed E-state index contributed by atoms with van der Waals surface area (Å²) in [5, 5.41) is 3.59. The van der Waals surface area contributed by atoms with Crippen LogP contribution in [0.1, 0.15) is 12.5 Å². The van der Waals surface area contributed by atoms with Gasteiger partial charge in [-0.25, -0.2) is 9.18 Å². The molecule has 1 N–H and O–H groups in total. The standard InChI is InChI=1S/C27H23ClFNO5/c1-16(27(32)30-19-6-3-17(4-7-19)11-12-33-2)34-20-8-10-22-23(15-26(31)35-25(22)14-20)21-9-5-18(29)13-24(21)28/h3-10,13-16H,11-12H2,1-2H3,(H,30,32). The molecule has 1 heterocycles. The van der Waals surface area contributed by atoms with E-state index < -0.39 is 17.5 Å². The largest absolute Gasteiger partial charge is 0.481 e. The molecule has 4 aromatic rings. The van der Waals surface area contributed by atoms with Crippen LogP contribution in [-0.4, -0.2) is 25.7 Å². The van der Waals surface area contributed by atoms with Gasteiger partial charge in [0.05, 0.1) is 11.6 Å². The summed E-state index contributed by atoms with van der Waals surface area (Å²) in [5.74, 6) is -0.459. The van der Waals surface area contributed by atoms with E-state index in [1.165, 1.54) is 30.3 Å². The molecule has 1 atom stereocenters. The highest BCUT2D eigenvalue weighted by Crippen LogP contribution is 2.34. The van der Waals surface area contributed by atoms with Gasteiger partial charge in [0.1, 0.15) is 17.1 Å². The molecule has 0 aliphatic rings. The molecule has 0 aliphatic heterocycles. The van der Waals surface area contributed by atoms with E-state index in [0.717, 1.165) is 12.0 Å². The molecule has 35 heavy (non-hydrogen) atoms. The zero-order chi connectivity index (χ0) is 24.9. The van der Waals surface area contributed by atoms with Crippen molar-refractivity contribution in [2.24, 2.45) is 0 Å². The predicted octanol–water partition coefficient (Wildman–Crippen LogP) is 5.85. The fourth-order valence-corrected chi connectivity index (χ4v) is 3.89. The minimum absolute atomic E-state index is 0.175. The molecule has 3 aromatic carbocycles. The molecule has 6 nitrogen and oxygen atoms in total. The van der Waals surface area contributed by atoms with Crippen molar-refractivity contribution in [3.8, 4) is 16.9 Å². The molecule has 1 unspecified atom stereocenters. The van der Waals surface area contributed by atoms with Gasteiger partial charge in [-0.15, -0.1) is 0 Å². The predicted molar refractivity (Wildman–Crippen MR) is 134 cm³/mol. The number of hydrogen-bond donors (Lipinski definition) is 1. The number of anilines is 1. The summed E-state index contributed by atoms with van der Waals surface area (Å²) in [6.45, 7) is 2.25. The van der Waals surface area contributed by atoms with Crippen LogP contribution in [-0.2, 0) is 16.0 Å². The van der Waals surface area contributed by atoms with Crippen molar-refractivity contribution in [1.29, 1.82) is 0 Å². The summed E-state index contributed by atoms with van der Waals surface area (Å²) in [4.78, 5) is 24.8. The zero-order valence-corrected chi connectivity index (χ0v) is 19.9. The Kier molecular flexibility index (Phi) is 7.48. The van der Waals surface area contributed by atoms with Crippen molar-refractivity contribution in [3.63, 3.8) is 0 Å². The van der Waals surface area contributed by atoms with E-state index in [0.29, 0.717) is 34.6 Å². The monoisotopic (exact) mass is 495 g/mol. The fourth-order valence-electron chi connectivity index (χ4n) is 3.62. The first-order chi connectivity index (χ1) is 16.8. The SMILES string of the molecule is COCCc1ccc(NC(=O)C(C)Oc2ccc3c(-c4ccc(F)cc4Cl)cc(=O)oc3c2)cc1. The third-order valence-electron chi connectivity index (χ3n) is 5.44. The summed E-state index contributed by atoms with van der Waals surface area (Å²) in [6, 6.07) is 17.7. The van der Waals surface area contributed by atoms with E-state index in [1.807, 2.05) is 24.3 Å². The maximum Gasteiger partial charge on any atom is 0.336 e. The fraction of sp³-hybridized carbons (Fsp3) is 0.185. The molecule has 0 fully saturated rings. The first-order valence-corrected chi connectivity index (χ1v) is 11.3. The van der Waals surface area contributed by atoms with Crippen LogP contribution >= 0.6 is 11.6 Å². The van der Waals surface area contributed by atoms with E-state index in [2.05, 4.69) is 5.32 Å². The summed E-state index contributed by atoms with van der Waals surface area (Å²) < 4.78 is 29.7. The number of methoxy groups -OCH3 is 1. The molecular weight excluding hydrogens is 473 g/mol. The molecule has 0 aliphatic carbocycles. The lowest BCUT2D eigenvalue weighted by atomic mass is 10.0. The van der Waals surface area contributed by atoms with Crippen molar-refractivity contribution in [1.82, 2.24) is 0 Å². The molecule has 0 saturated carbocycles. The highest BCUT2D eigenvalue weighted by Gasteiger charge is 2.17. The normalized spacial score (nSPS) is 11.9. The number of carbonyl (C=O) groups is 1. The molecule has 4 rings (SSSR count). The number of carbonyl (C=O) groups excluding carboxylic acids is 1. The minimum Gasteiger partial charge on any atom is -0.481 e. The van der Waals surface area contributed by atoms with Crippen molar-refractivity contribution < 1.29 is 23.1 Å². The Hall–Kier alpha value is -3.68. The maximum atomic E-state index is 13.5. The van der Waals surface area contributed by atoms with Crippen molar-refractivity contribution in [3.05, 3.63) is 93.6 Å². The molecule has 0 saturated heterocycles. The number of fused-ring (bicyclic) bond motifs is 1. The Morgan fingerprint density at radius 1 is 1.06 bits per heavy atom. The van der Waals surface area contributed by atoms with Crippen LogP contribution in [0.25, 0.3) is 22.1 Å². The van der Waals surface area contributed by atoms with Crippen LogP contribution in [0.4, 0.5) is 10.1 Å². The molecule has 0 spiro atoms. The second-order valence-electron chi connectivity index (χ2n) is 7.95. The second-order valence-corrected chi connectivity index (χ2v) is 8.36. The van der Waals surface area contributed by atoms with E-state index >= 15 is 0 Å². The van der Waals surface area contributed by atoms with E-state index in [4.69, 9.17) is 25.5 Å². The van der Waals surface area contributed by atoms with Gasteiger partial charge in [-0.1, -0.05) is 23.7 Å². The first kappa shape index (κ1) is 24.4. The van der Waals surface area contributed by atoms with Gasteiger partial charge < -0.3 is 19.2 Å². The van der Waals surface area contributed by atoms with Gasteiger partial charge in [-0.3, -0.25) is 4.79 Å². The van der Waals surface area contributed by atoms with E-state index in [-0.39, 0.29) is 16.5 Å². The molecule has 8 heteroatoms. The molecule has 1 aromatic heterocycles. The van der Waals surface area contributed by atoms with Gasteiger partial charge in [-0.2, -0.15) is 0 Å². The summed E-state index contributed by atoms with van der Waals surface area (Å²) in [5.41, 5.74) is 2.42. The molecule has 0 radical (unpaired) electrons. The van der Waals surface area contributed by atoms with E-state index in [1.54, 1.807) is 26.2 Å². The van der Waals surface area contributed by atoms with Crippen LogP contribution in [0, 0.1) is 5.82 Å².